The maximum atomic E-state index is 13.1. The van der Waals surface area contributed by atoms with Crippen LogP contribution in [0.15, 0.2) is 70.4 Å². The van der Waals surface area contributed by atoms with E-state index in [9.17, 15) is 8.42 Å². The Balaban J connectivity index is 1.73. The zero-order chi connectivity index (χ0) is 18.1. The van der Waals surface area contributed by atoms with E-state index >= 15 is 0 Å². The zero-order valence-electron chi connectivity index (χ0n) is 13.7. The van der Waals surface area contributed by atoms with Crippen molar-refractivity contribution in [2.24, 2.45) is 0 Å². The number of halogens is 1. The average Bonchev–Trinajstić information content (AvgIpc) is 3.32. The Kier molecular flexibility index (Phi) is 4.52. The van der Waals surface area contributed by atoms with Crippen LogP contribution in [-0.2, 0) is 10.0 Å². The molecule has 2 heterocycles. The van der Waals surface area contributed by atoms with Crippen LogP contribution in [0.5, 0.6) is 0 Å². The molecule has 0 N–H and O–H groups in total. The minimum absolute atomic E-state index is 0.0638. The Bertz CT molecular complexity index is 994. The molecular formula is C18H16ClN3O3S. The molecule has 0 spiro atoms. The molecular weight excluding hydrogens is 374 g/mol. The van der Waals surface area contributed by atoms with Crippen molar-refractivity contribution in [1.82, 2.24) is 14.4 Å². The van der Waals surface area contributed by atoms with Crippen molar-refractivity contribution < 1.29 is 12.9 Å². The lowest BCUT2D eigenvalue weighted by molar-refractivity contribution is 0.401. The number of hydrogen-bond acceptors (Lipinski definition) is 5. The standard InChI is InChI=1S/C18H16ClN3O3S/c19-16-8-4-5-9-17(16)26(23,24)22-10-14(13-6-2-1-3-7-13)15(11-22)18-20-12-25-21-18/h1-9,12,14-15H,10-11H2/t14-,15-/m0/s1. The van der Waals surface area contributed by atoms with Gasteiger partial charge in [-0.05, 0) is 17.7 Å². The van der Waals surface area contributed by atoms with Gasteiger partial charge >= 0.3 is 0 Å². The summed E-state index contributed by atoms with van der Waals surface area (Å²) >= 11 is 6.13. The molecule has 0 saturated carbocycles. The monoisotopic (exact) mass is 389 g/mol. The molecule has 1 saturated heterocycles. The van der Waals surface area contributed by atoms with Crippen LogP contribution in [0.2, 0.25) is 5.02 Å². The molecule has 4 rings (SSSR count). The number of sulfonamides is 1. The zero-order valence-corrected chi connectivity index (χ0v) is 15.3. The largest absolute Gasteiger partial charge is 0.343 e. The first kappa shape index (κ1) is 17.2. The second-order valence-corrected chi connectivity index (χ2v) is 8.48. The van der Waals surface area contributed by atoms with Gasteiger partial charge in [-0.1, -0.05) is 59.2 Å². The van der Waals surface area contributed by atoms with Crippen LogP contribution in [0.3, 0.4) is 0 Å². The van der Waals surface area contributed by atoms with E-state index in [0.717, 1.165) is 5.56 Å². The molecule has 1 aromatic heterocycles. The Morgan fingerprint density at radius 3 is 2.38 bits per heavy atom. The van der Waals surface area contributed by atoms with Gasteiger partial charge in [-0.25, -0.2) is 8.42 Å². The summed E-state index contributed by atoms with van der Waals surface area (Å²) < 4.78 is 32.6. The van der Waals surface area contributed by atoms with Gasteiger partial charge in [0.05, 0.1) is 5.02 Å². The van der Waals surface area contributed by atoms with Gasteiger partial charge in [-0.15, -0.1) is 0 Å². The van der Waals surface area contributed by atoms with E-state index < -0.39 is 10.0 Å². The molecule has 134 valence electrons. The summed E-state index contributed by atoms with van der Waals surface area (Å²) in [4.78, 5) is 4.27. The number of aromatic nitrogens is 2. The van der Waals surface area contributed by atoms with Crippen LogP contribution in [0, 0.1) is 0 Å². The van der Waals surface area contributed by atoms with Crippen molar-refractivity contribution in [3.8, 4) is 0 Å². The van der Waals surface area contributed by atoms with Crippen LogP contribution in [0.4, 0.5) is 0 Å². The summed E-state index contributed by atoms with van der Waals surface area (Å²) in [5.41, 5.74) is 1.04. The first-order valence-electron chi connectivity index (χ1n) is 8.13. The van der Waals surface area contributed by atoms with Gasteiger partial charge in [0.1, 0.15) is 4.90 Å². The highest BCUT2D eigenvalue weighted by Crippen LogP contribution is 2.41. The van der Waals surface area contributed by atoms with Gasteiger partial charge < -0.3 is 4.52 Å². The van der Waals surface area contributed by atoms with Crippen molar-refractivity contribution in [3.05, 3.63) is 77.4 Å². The summed E-state index contributed by atoms with van der Waals surface area (Å²) in [7, 11) is -3.72. The number of nitrogens with zero attached hydrogens (tertiary/aromatic N) is 3. The maximum Gasteiger partial charge on any atom is 0.244 e. The van der Waals surface area contributed by atoms with Gasteiger partial charge in [0.15, 0.2) is 5.82 Å². The second-order valence-electron chi connectivity index (χ2n) is 6.17. The third-order valence-electron chi connectivity index (χ3n) is 4.68. The van der Waals surface area contributed by atoms with E-state index in [0.29, 0.717) is 12.4 Å². The first-order chi connectivity index (χ1) is 12.6. The van der Waals surface area contributed by atoms with Gasteiger partial charge in [-0.2, -0.15) is 9.29 Å². The maximum absolute atomic E-state index is 13.1. The second kappa shape index (κ2) is 6.83. The van der Waals surface area contributed by atoms with Crippen LogP contribution in [0.25, 0.3) is 0 Å². The molecule has 0 amide bonds. The van der Waals surface area contributed by atoms with Gasteiger partial charge in [0.25, 0.3) is 0 Å². The molecule has 1 aliphatic rings. The number of hydrogen-bond donors (Lipinski definition) is 0. The SMILES string of the molecule is O=S(=O)(c1ccccc1Cl)N1C[C@H](c2ncon2)[C@H](c2ccccc2)C1. The smallest absolute Gasteiger partial charge is 0.244 e. The minimum atomic E-state index is -3.72. The first-order valence-corrected chi connectivity index (χ1v) is 9.95. The summed E-state index contributed by atoms with van der Waals surface area (Å²) in [5, 5.41) is 4.16. The summed E-state index contributed by atoms with van der Waals surface area (Å²) in [6, 6.07) is 16.3. The molecule has 8 heteroatoms. The molecule has 1 aliphatic heterocycles. The lowest BCUT2D eigenvalue weighted by atomic mass is 9.88. The lowest BCUT2D eigenvalue weighted by Gasteiger charge is -2.17. The molecule has 2 atom stereocenters. The van der Waals surface area contributed by atoms with Crippen molar-refractivity contribution in [2.45, 2.75) is 16.7 Å². The van der Waals surface area contributed by atoms with Crippen molar-refractivity contribution in [2.75, 3.05) is 13.1 Å². The molecule has 1 fully saturated rings. The molecule has 0 radical (unpaired) electrons. The third-order valence-corrected chi connectivity index (χ3v) is 7.01. The minimum Gasteiger partial charge on any atom is -0.343 e. The number of benzene rings is 2. The fourth-order valence-corrected chi connectivity index (χ4v) is 5.38. The number of rotatable bonds is 4. The van der Waals surface area contributed by atoms with Crippen LogP contribution in [-0.4, -0.2) is 36.0 Å². The Hall–Kier alpha value is -2.22. The van der Waals surface area contributed by atoms with Crippen LogP contribution >= 0.6 is 11.6 Å². The van der Waals surface area contributed by atoms with Gasteiger partial charge in [-0.3, -0.25) is 0 Å². The summed E-state index contributed by atoms with van der Waals surface area (Å²) in [6.07, 6.45) is 1.27. The molecule has 3 aromatic rings. The highest BCUT2D eigenvalue weighted by atomic mass is 35.5. The normalized spacial score (nSPS) is 21.1. The third kappa shape index (κ3) is 3.02. The summed E-state index contributed by atoms with van der Waals surface area (Å²) in [6.45, 7) is 0.601. The van der Waals surface area contributed by atoms with E-state index in [1.54, 1.807) is 18.2 Å². The van der Waals surface area contributed by atoms with Crippen LogP contribution in [0.1, 0.15) is 23.2 Å². The average molecular weight is 390 g/mol. The molecule has 0 unspecified atom stereocenters. The van der Waals surface area contributed by atoms with Gasteiger partial charge in [0, 0.05) is 24.9 Å². The highest BCUT2D eigenvalue weighted by molar-refractivity contribution is 7.89. The van der Waals surface area contributed by atoms with E-state index in [-0.39, 0.29) is 28.3 Å². The Morgan fingerprint density at radius 1 is 1.00 bits per heavy atom. The topological polar surface area (TPSA) is 76.3 Å². The van der Waals surface area contributed by atoms with E-state index in [1.165, 1.54) is 16.8 Å². The van der Waals surface area contributed by atoms with Crippen LogP contribution < -0.4 is 0 Å². The molecule has 26 heavy (non-hydrogen) atoms. The molecule has 0 bridgehead atoms. The van der Waals surface area contributed by atoms with E-state index in [2.05, 4.69) is 10.1 Å². The fraction of sp³-hybridized carbons (Fsp3) is 0.222. The van der Waals surface area contributed by atoms with E-state index in [1.807, 2.05) is 30.3 Å². The molecule has 0 aliphatic carbocycles. The lowest BCUT2D eigenvalue weighted by Crippen LogP contribution is -2.29. The van der Waals surface area contributed by atoms with Crippen molar-refractivity contribution in [3.63, 3.8) is 0 Å². The highest BCUT2D eigenvalue weighted by Gasteiger charge is 2.43. The predicted molar refractivity (Wildman–Crippen MR) is 96.4 cm³/mol. The van der Waals surface area contributed by atoms with Crippen molar-refractivity contribution in [1.29, 1.82) is 0 Å². The Labute approximate surface area is 156 Å². The molecule has 2 aromatic carbocycles. The molecule has 6 nitrogen and oxygen atoms in total. The van der Waals surface area contributed by atoms with Gasteiger partial charge in [0.2, 0.25) is 16.4 Å². The van der Waals surface area contributed by atoms with Crippen molar-refractivity contribution >= 4 is 21.6 Å². The Morgan fingerprint density at radius 2 is 1.69 bits per heavy atom. The quantitative estimate of drug-likeness (QED) is 0.684. The summed E-state index contributed by atoms with van der Waals surface area (Å²) in [5.74, 6) is 0.259. The predicted octanol–water partition coefficient (Wildman–Crippen LogP) is 3.29. The van der Waals surface area contributed by atoms with E-state index in [4.69, 9.17) is 16.1 Å². The fourth-order valence-electron chi connectivity index (χ4n) is 3.40.